The summed E-state index contributed by atoms with van der Waals surface area (Å²) in [7, 11) is 0. The highest BCUT2D eigenvalue weighted by molar-refractivity contribution is 5.76. The molecule has 1 amide bonds. The van der Waals surface area contributed by atoms with Crippen molar-refractivity contribution >= 4 is 5.91 Å². The summed E-state index contributed by atoms with van der Waals surface area (Å²) in [4.78, 5) is 22.6. The molecular weight excluding hydrogens is 280 g/mol. The molecule has 1 atom stereocenters. The van der Waals surface area contributed by atoms with Crippen molar-refractivity contribution in [2.24, 2.45) is 0 Å². The third-order valence-electron chi connectivity index (χ3n) is 4.08. The molecule has 22 heavy (non-hydrogen) atoms. The van der Waals surface area contributed by atoms with E-state index >= 15 is 0 Å². The van der Waals surface area contributed by atoms with Gasteiger partial charge in [0.05, 0.1) is 0 Å². The molecular formula is C16H20N4O2. The molecule has 2 aromatic rings. The van der Waals surface area contributed by atoms with E-state index in [1.54, 1.807) is 12.4 Å². The van der Waals surface area contributed by atoms with Gasteiger partial charge in [-0.2, -0.15) is 4.98 Å². The van der Waals surface area contributed by atoms with Gasteiger partial charge < -0.3 is 9.42 Å². The van der Waals surface area contributed by atoms with Gasteiger partial charge in [-0.15, -0.1) is 0 Å². The third kappa shape index (κ3) is 3.32. The van der Waals surface area contributed by atoms with Crippen LogP contribution in [0.15, 0.2) is 29.0 Å². The highest BCUT2D eigenvalue weighted by Gasteiger charge is 2.23. The highest BCUT2D eigenvalue weighted by Crippen LogP contribution is 2.19. The van der Waals surface area contributed by atoms with Crippen molar-refractivity contribution < 1.29 is 9.32 Å². The van der Waals surface area contributed by atoms with E-state index in [-0.39, 0.29) is 5.91 Å². The zero-order valence-corrected chi connectivity index (χ0v) is 12.7. The summed E-state index contributed by atoms with van der Waals surface area (Å²) in [6.45, 7) is 2.98. The van der Waals surface area contributed by atoms with Crippen LogP contribution in [0.2, 0.25) is 0 Å². The molecule has 0 saturated carbocycles. The minimum atomic E-state index is 0.177. The molecule has 0 aliphatic carbocycles. The Morgan fingerprint density at radius 3 is 2.95 bits per heavy atom. The fourth-order valence-electron chi connectivity index (χ4n) is 2.80. The predicted molar refractivity (Wildman–Crippen MR) is 80.9 cm³/mol. The number of pyridine rings is 1. The minimum Gasteiger partial charge on any atom is -0.340 e. The van der Waals surface area contributed by atoms with Gasteiger partial charge in [0.1, 0.15) is 0 Å². The van der Waals surface area contributed by atoms with Gasteiger partial charge >= 0.3 is 0 Å². The van der Waals surface area contributed by atoms with Crippen molar-refractivity contribution in [1.29, 1.82) is 0 Å². The number of hydrogen-bond donors (Lipinski definition) is 0. The highest BCUT2D eigenvalue weighted by atomic mass is 16.5. The molecule has 1 aliphatic heterocycles. The Balaban J connectivity index is 1.58. The average Bonchev–Trinajstić information content (AvgIpc) is 3.03. The van der Waals surface area contributed by atoms with Crippen molar-refractivity contribution in [2.75, 3.05) is 6.54 Å². The van der Waals surface area contributed by atoms with Gasteiger partial charge in [0.25, 0.3) is 0 Å². The van der Waals surface area contributed by atoms with Gasteiger partial charge in [-0.3, -0.25) is 9.78 Å². The summed E-state index contributed by atoms with van der Waals surface area (Å²) in [6, 6.07) is 4.00. The second-order valence-electron chi connectivity index (χ2n) is 5.68. The molecule has 0 spiro atoms. The van der Waals surface area contributed by atoms with Crippen molar-refractivity contribution in [3.8, 4) is 11.4 Å². The molecule has 0 aromatic carbocycles. The van der Waals surface area contributed by atoms with E-state index in [1.807, 2.05) is 17.0 Å². The standard InChI is InChI=1S/C16H20N4O2/c1-12-4-2-3-11-20(12)15(21)6-5-14-18-16(19-22-14)13-7-9-17-10-8-13/h7-10,12H,2-6,11H2,1H3. The first-order valence-electron chi connectivity index (χ1n) is 7.76. The van der Waals surface area contributed by atoms with E-state index in [0.717, 1.165) is 24.9 Å². The zero-order valence-electron chi connectivity index (χ0n) is 12.7. The van der Waals surface area contributed by atoms with Crippen LogP contribution in [0, 0.1) is 0 Å². The first-order valence-corrected chi connectivity index (χ1v) is 7.76. The van der Waals surface area contributed by atoms with Crippen LogP contribution in [0.25, 0.3) is 11.4 Å². The lowest BCUT2D eigenvalue weighted by Gasteiger charge is -2.33. The van der Waals surface area contributed by atoms with Crippen LogP contribution < -0.4 is 0 Å². The van der Waals surface area contributed by atoms with Crippen LogP contribution in [-0.4, -0.2) is 38.5 Å². The van der Waals surface area contributed by atoms with Crippen LogP contribution in [-0.2, 0) is 11.2 Å². The lowest BCUT2D eigenvalue weighted by molar-refractivity contribution is -0.134. The number of hydrogen-bond acceptors (Lipinski definition) is 5. The monoisotopic (exact) mass is 300 g/mol. The maximum absolute atomic E-state index is 12.3. The van der Waals surface area contributed by atoms with Gasteiger partial charge in [-0.1, -0.05) is 5.16 Å². The lowest BCUT2D eigenvalue weighted by atomic mass is 10.0. The first kappa shape index (κ1) is 14.7. The molecule has 2 aromatic heterocycles. The molecule has 1 aliphatic rings. The summed E-state index contributed by atoms with van der Waals surface area (Å²) in [5.74, 6) is 1.22. The Kier molecular flexibility index (Phi) is 4.46. The molecule has 3 rings (SSSR count). The van der Waals surface area contributed by atoms with Gasteiger partial charge in [0.2, 0.25) is 17.6 Å². The number of carbonyl (C=O) groups is 1. The van der Waals surface area contributed by atoms with E-state index in [9.17, 15) is 4.79 Å². The number of nitrogens with zero attached hydrogens (tertiary/aromatic N) is 4. The van der Waals surface area contributed by atoms with Crippen molar-refractivity contribution in [1.82, 2.24) is 20.0 Å². The summed E-state index contributed by atoms with van der Waals surface area (Å²) >= 11 is 0. The zero-order chi connectivity index (χ0) is 15.4. The van der Waals surface area contributed by atoms with E-state index in [4.69, 9.17) is 4.52 Å². The topological polar surface area (TPSA) is 72.1 Å². The molecule has 1 saturated heterocycles. The van der Waals surface area contributed by atoms with Gasteiger partial charge in [-0.05, 0) is 38.3 Å². The number of amides is 1. The normalized spacial score (nSPS) is 18.4. The average molecular weight is 300 g/mol. The second kappa shape index (κ2) is 6.68. The largest absolute Gasteiger partial charge is 0.340 e. The van der Waals surface area contributed by atoms with Crippen LogP contribution in [0.3, 0.4) is 0 Å². The van der Waals surface area contributed by atoms with Crippen molar-refractivity contribution in [2.45, 2.75) is 45.1 Å². The Morgan fingerprint density at radius 2 is 2.18 bits per heavy atom. The number of rotatable bonds is 4. The summed E-state index contributed by atoms with van der Waals surface area (Å²) in [6.07, 6.45) is 7.69. The summed E-state index contributed by atoms with van der Waals surface area (Å²) in [5.41, 5.74) is 0.862. The van der Waals surface area contributed by atoms with Crippen LogP contribution in [0.4, 0.5) is 0 Å². The molecule has 6 nitrogen and oxygen atoms in total. The minimum absolute atomic E-state index is 0.177. The Bertz CT molecular complexity index is 626. The molecule has 0 N–H and O–H groups in total. The van der Waals surface area contributed by atoms with Crippen molar-refractivity contribution in [3.63, 3.8) is 0 Å². The molecule has 1 unspecified atom stereocenters. The summed E-state index contributed by atoms with van der Waals surface area (Å²) < 4.78 is 5.23. The Hall–Kier alpha value is -2.24. The number of aryl methyl sites for hydroxylation is 1. The van der Waals surface area contributed by atoms with Crippen LogP contribution in [0.1, 0.15) is 38.5 Å². The van der Waals surface area contributed by atoms with E-state index in [0.29, 0.717) is 30.6 Å². The molecule has 6 heteroatoms. The first-order chi connectivity index (χ1) is 10.7. The third-order valence-corrected chi connectivity index (χ3v) is 4.08. The van der Waals surface area contributed by atoms with Crippen molar-refractivity contribution in [3.05, 3.63) is 30.4 Å². The van der Waals surface area contributed by atoms with E-state index < -0.39 is 0 Å². The van der Waals surface area contributed by atoms with Crippen LogP contribution in [0.5, 0.6) is 0 Å². The summed E-state index contributed by atoms with van der Waals surface area (Å²) in [5, 5.41) is 3.95. The Morgan fingerprint density at radius 1 is 1.36 bits per heavy atom. The SMILES string of the molecule is CC1CCCCN1C(=O)CCc1nc(-c2ccncc2)no1. The Labute approximate surface area is 129 Å². The van der Waals surface area contributed by atoms with Crippen LogP contribution >= 0.6 is 0 Å². The van der Waals surface area contributed by atoms with E-state index in [2.05, 4.69) is 22.0 Å². The van der Waals surface area contributed by atoms with Gasteiger partial charge in [0.15, 0.2) is 0 Å². The fraction of sp³-hybridized carbons (Fsp3) is 0.500. The molecule has 1 fully saturated rings. The van der Waals surface area contributed by atoms with Gasteiger partial charge in [-0.25, -0.2) is 0 Å². The predicted octanol–water partition coefficient (Wildman–Crippen LogP) is 2.47. The fourth-order valence-corrected chi connectivity index (χ4v) is 2.80. The number of carbonyl (C=O) groups excluding carboxylic acids is 1. The second-order valence-corrected chi connectivity index (χ2v) is 5.68. The molecule has 116 valence electrons. The van der Waals surface area contributed by atoms with E-state index in [1.165, 1.54) is 6.42 Å². The van der Waals surface area contributed by atoms with Gasteiger partial charge in [0, 0.05) is 43.4 Å². The molecule has 3 heterocycles. The quantitative estimate of drug-likeness (QED) is 0.867. The molecule has 0 radical (unpaired) electrons. The lowest BCUT2D eigenvalue weighted by Crippen LogP contribution is -2.42. The number of piperidine rings is 1. The smallest absolute Gasteiger partial charge is 0.227 e. The number of likely N-dealkylation sites (tertiary alicyclic amines) is 1. The number of aromatic nitrogens is 3. The maximum Gasteiger partial charge on any atom is 0.227 e. The molecule has 0 bridgehead atoms. The maximum atomic E-state index is 12.3.